The molecule has 1 aromatic carbocycles. The summed E-state index contributed by atoms with van der Waals surface area (Å²) in [4.78, 5) is 19.4. The van der Waals surface area contributed by atoms with Crippen LogP contribution in [0, 0.1) is 13.8 Å². The molecular formula is C23H30NO3+. The first-order chi connectivity index (χ1) is 12.6. The zero-order chi connectivity index (χ0) is 19.8. The Balaban J connectivity index is 2.04. The smallest absolute Gasteiger partial charge is 0.363 e. The molecule has 0 amide bonds. The second-order valence-corrected chi connectivity index (χ2v) is 8.74. The molecule has 0 bridgehead atoms. The largest absolute Gasteiger partial charge is 0.367 e. The van der Waals surface area contributed by atoms with Crippen LogP contribution in [-0.2, 0) is 4.84 Å². The van der Waals surface area contributed by atoms with Gasteiger partial charge >= 0.3 is 18.0 Å². The summed E-state index contributed by atoms with van der Waals surface area (Å²) >= 11 is 0. The number of carbonyl (C=O) groups is 1. The summed E-state index contributed by atoms with van der Waals surface area (Å²) in [7, 11) is 0. The van der Waals surface area contributed by atoms with Crippen molar-refractivity contribution < 1.29 is 14.0 Å². The molecule has 1 aromatic heterocycles. The molecule has 0 spiro atoms. The van der Waals surface area contributed by atoms with Crippen molar-refractivity contribution in [2.75, 3.05) is 0 Å². The Bertz CT molecular complexity index is 824. The molecule has 0 N–H and O–H groups in total. The summed E-state index contributed by atoms with van der Waals surface area (Å²) in [5.41, 5.74) is 2.85. The standard InChI is InChI=1S/C23H30NO3/c1-16-15-26-17(2)20(19(16)18-11-8-7-9-12-18)21(25)27-24-22(3,4)13-10-14-23(24,5)6/h7-9,11-12,15H,10,13-14H2,1-6H3/q+1. The van der Waals surface area contributed by atoms with Crippen molar-refractivity contribution >= 4 is 5.97 Å². The van der Waals surface area contributed by atoms with Gasteiger partial charge in [-0.1, -0.05) is 30.3 Å². The number of hydrogen-bond acceptors (Lipinski definition) is 3. The lowest BCUT2D eigenvalue weighted by Crippen LogP contribution is -2.58. The van der Waals surface area contributed by atoms with Gasteiger partial charge in [0.15, 0.2) is 5.56 Å². The molecule has 1 aliphatic rings. The number of piperidine rings is 1. The molecule has 0 atom stereocenters. The summed E-state index contributed by atoms with van der Waals surface area (Å²) in [6.45, 7) is 12.3. The third-order valence-electron chi connectivity index (χ3n) is 5.53. The number of hydroxylamine groups is 2. The van der Waals surface area contributed by atoms with E-state index in [1.165, 1.54) is 0 Å². The van der Waals surface area contributed by atoms with E-state index in [1.54, 1.807) is 6.26 Å². The monoisotopic (exact) mass is 368 g/mol. The first-order valence-corrected chi connectivity index (χ1v) is 9.63. The lowest BCUT2D eigenvalue weighted by molar-refractivity contribution is -0.240. The van der Waals surface area contributed by atoms with Crippen LogP contribution in [-0.4, -0.2) is 22.1 Å². The van der Waals surface area contributed by atoms with E-state index < -0.39 is 0 Å². The van der Waals surface area contributed by atoms with Gasteiger partial charge in [-0.05, 0) is 59.4 Å². The Labute approximate surface area is 162 Å². The minimum absolute atomic E-state index is 0.209. The molecule has 2 aromatic rings. The molecule has 2 heterocycles. The fourth-order valence-electron chi connectivity index (χ4n) is 4.24. The fourth-order valence-corrected chi connectivity index (χ4v) is 4.24. The Kier molecular flexibility index (Phi) is 5.13. The van der Waals surface area contributed by atoms with Gasteiger partial charge in [-0.3, -0.25) is 0 Å². The van der Waals surface area contributed by atoms with Crippen LogP contribution < -0.4 is 0 Å². The predicted molar refractivity (Wildman–Crippen MR) is 107 cm³/mol. The quantitative estimate of drug-likeness (QED) is 0.627. The predicted octanol–water partition coefficient (Wildman–Crippen LogP) is 5.96. The van der Waals surface area contributed by atoms with Gasteiger partial charge in [-0.15, -0.1) is 5.06 Å². The van der Waals surface area contributed by atoms with E-state index in [2.05, 4.69) is 27.7 Å². The van der Waals surface area contributed by atoms with Crippen LogP contribution in [0.5, 0.6) is 0 Å². The molecule has 27 heavy (non-hydrogen) atoms. The topological polar surface area (TPSA) is 40.8 Å². The van der Waals surface area contributed by atoms with Crippen molar-refractivity contribution in [3.63, 3.8) is 0 Å². The highest BCUT2D eigenvalue weighted by atomic mass is 16.7. The van der Waals surface area contributed by atoms with Gasteiger partial charge in [0.1, 0.15) is 0 Å². The van der Waals surface area contributed by atoms with Gasteiger partial charge < -0.3 is 4.84 Å². The first kappa shape index (κ1) is 19.6. The summed E-state index contributed by atoms with van der Waals surface area (Å²) in [5, 5.41) is 1.89. The van der Waals surface area contributed by atoms with Crippen molar-refractivity contribution in [1.82, 2.24) is 5.06 Å². The number of benzene rings is 1. The summed E-state index contributed by atoms with van der Waals surface area (Å²) in [5.74, 6) is 0.207. The molecule has 0 radical (unpaired) electrons. The molecule has 1 fully saturated rings. The summed E-state index contributed by atoms with van der Waals surface area (Å²) in [6.07, 6.45) is 4.81. The number of rotatable bonds is 3. The molecule has 4 heteroatoms. The third kappa shape index (κ3) is 3.77. The zero-order valence-electron chi connectivity index (χ0n) is 17.3. The van der Waals surface area contributed by atoms with E-state index in [-0.39, 0.29) is 17.0 Å². The van der Waals surface area contributed by atoms with Crippen molar-refractivity contribution in [2.24, 2.45) is 0 Å². The molecule has 0 aliphatic carbocycles. The summed E-state index contributed by atoms with van der Waals surface area (Å²) in [6, 6.07) is 9.93. The minimum Gasteiger partial charge on any atom is -0.363 e. The molecule has 0 saturated carbocycles. The van der Waals surface area contributed by atoms with E-state index in [9.17, 15) is 4.79 Å². The maximum absolute atomic E-state index is 13.3. The normalized spacial score (nSPS) is 18.9. The van der Waals surface area contributed by atoms with Crippen LogP contribution in [0.2, 0.25) is 0 Å². The van der Waals surface area contributed by atoms with E-state index in [4.69, 9.17) is 9.25 Å². The number of hydrogen-bond donors (Lipinski definition) is 0. The Hall–Kier alpha value is -2.20. The lowest BCUT2D eigenvalue weighted by atomic mass is 9.82. The third-order valence-corrected chi connectivity index (χ3v) is 5.53. The molecule has 1 aliphatic heterocycles. The van der Waals surface area contributed by atoms with Crippen LogP contribution >= 0.6 is 0 Å². The Morgan fingerprint density at radius 2 is 1.63 bits per heavy atom. The van der Waals surface area contributed by atoms with Crippen LogP contribution in [0.4, 0.5) is 0 Å². The number of aryl methyl sites for hydroxylation is 2. The SMILES string of the molecule is Cc1c[o+]c(C)c(C(=O)ON2C(C)(C)CCCC2(C)C)c1-c1ccccc1. The molecule has 144 valence electrons. The van der Waals surface area contributed by atoms with Crippen LogP contribution in [0.25, 0.3) is 11.1 Å². The summed E-state index contributed by atoms with van der Waals surface area (Å²) < 4.78 is 5.65. The van der Waals surface area contributed by atoms with E-state index in [0.717, 1.165) is 36.0 Å². The van der Waals surface area contributed by atoms with Crippen molar-refractivity contribution in [3.8, 4) is 11.1 Å². The highest BCUT2D eigenvalue weighted by Crippen LogP contribution is 2.39. The fraction of sp³-hybridized carbons (Fsp3) is 0.478. The average molecular weight is 368 g/mol. The highest BCUT2D eigenvalue weighted by molar-refractivity contribution is 5.98. The van der Waals surface area contributed by atoms with E-state index in [0.29, 0.717) is 11.3 Å². The second-order valence-electron chi connectivity index (χ2n) is 8.74. The average Bonchev–Trinajstić information content (AvgIpc) is 2.60. The lowest BCUT2D eigenvalue weighted by Gasteiger charge is -2.50. The minimum atomic E-state index is -0.359. The highest BCUT2D eigenvalue weighted by Gasteiger charge is 2.45. The van der Waals surface area contributed by atoms with Crippen molar-refractivity contribution in [2.45, 2.75) is 71.9 Å². The molecular weight excluding hydrogens is 338 g/mol. The molecule has 0 unspecified atom stereocenters. The van der Waals surface area contributed by atoms with Crippen molar-refractivity contribution in [3.05, 3.63) is 53.5 Å². The Morgan fingerprint density at radius 3 is 2.22 bits per heavy atom. The molecule has 1 saturated heterocycles. The Morgan fingerprint density at radius 1 is 1.04 bits per heavy atom. The first-order valence-electron chi connectivity index (χ1n) is 9.63. The van der Waals surface area contributed by atoms with Crippen molar-refractivity contribution in [1.29, 1.82) is 0 Å². The van der Waals surface area contributed by atoms with Crippen LogP contribution in [0.1, 0.15) is 68.6 Å². The van der Waals surface area contributed by atoms with Gasteiger partial charge in [0.2, 0.25) is 0 Å². The zero-order valence-corrected chi connectivity index (χ0v) is 17.3. The van der Waals surface area contributed by atoms with E-state index in [1.807, 2.05) is 49.2 Å². The van der Waals surface area contributed by atoms with Crippen LogP contribution in [0.15, 0.2) is 41.0 Å². The molecule has 4 nitrogen and oxygen atoms in total. The van der Waals surface area contributed by atoms with Gasteiger partial charge in [-0.25, -0.2) is 9.21 Å². The maximum atomic E-state index is 13.3. The van der Waals surface area contributed by atoms with Gasteiger partial charge in [0.25, 0.3) is 0 Å². The van der Waals surface area contributed by atoms with Crippen LogP contribution in [0.3, 0.4) is 0 Å². The number of nitrogens with zero attached hydrogens (tertiary/aromatic N) is 1. The van der Waals surface area contributed by atoms with Gasteiger partial charge in [-0.2, -0.15) is 0 Å². The van der Waals surface area contributed by atoms with Gasteiger partial charge in [0.05, 0.1) is 23.6 Å². The van der Waals surface area contributed by atoms with E-state index >= 15 is 0 Å². The maximum Gasteiger partial charge on any atom is 0.367 e. The molecule has 3 rings (SSSR count). The number of carbonyl (C=O) groups excluding carboxylic acids is 1. The van der Waals surface area contributed by atoms with Gasteiger partial charge in [0, 0.05) is 5.56 Å². The second kappa shape index (κ2) is 7.08.